The molecule has 0 unspecified atom stereocenters. The molecule has 4 rings (SSSR count). The monoisotopic (exact) mass is 448 g/mol. The maximum atomic E-state index is 14.1. The molecule has 0 N–H and O–H groups in total. The van der Waals surface area contributed by atoms with Gasteiger partial charge >= 0.3 is 0 Å². The number of ether oxygens (including phenoxy) is 2. The van der Waals surface area contributed by atoms with Gasteiger partial charge < -0.3 is 19.3 Å². The predicted molar refractivity (Wildman–Crippen MR) is 128 cm³/mol. The van der Waals surface area contributed by atoms with Gasteiger partial charge in [-0.05, 0) is 61.9 Å². The van der Waals surface area contributed by atoms with Crippen LogP contribution in [0, 0.1) is 12.7 Å². The lowest BCUT2D eigenvalue weighted by Gasteiger charge is -2.36. The largest absolute Gasteiger partial charge is 0.493 e. The van der Waals surface area contributed by atoms with Gasteiger partial charge in [-0.25, -0.2) is 4.39 Å². The van der Waals surface area contributed by atoms with Crippen LogP contribution in [0.15, 0.2) is 66.7 Å². The number of piperazine rings is 1. The minimum Gasteiger partial charge on any atom is -0.493 e. The van der Waals surface area contributed by atoms with Crippen LogP contribution in [-0.2, 0) is 6.61 Å². The van der Waals surface area contributed by atoms with Crippen molar-refractivity contribution in [2.45, 2.75) is 20.5 Å². The second-order valence-corrected chi connectivity index (χ2v) is 8.09. The molecule has 0 radical (unpaired) electrons. The van der Waals surface area contributed by atoms with E-state index in [1.807, 2.05) is 66.1 Å². The van der Waals surface area contributed by atoms with E-state index in [-0.39, 0.29) is 11.7 Å². The van der Waals surface area contributed by atoms with Gasteiger partial charge in [0.05, 0.1) is 12.3 Å². The molecule has 0 spiro atoms. The van der Waals surface area contributed by atoms with Gasteiger partial charge in [-0.2, -0.15) is 0 Å². The Morgan fingerprint density at radius 1 is 0.939 bits per heavy atom. The first-order chi connectivity index (χ1) is 16.0. The summed E-state index contributed by atoms with van der Waals surface area (Å²) >= 11 is 0. The normalized spacial score (nSPS) is 13.7. The highest BCUT2D eigenvalue weighted by Crippen LogP contribution is 2.25. The number of hydrogen-bond acceptors (Lipinski definition) is 4. The van der Waals surface area contributed by atoms with Crippen molar-refractivity contribution in [1.29, 1.82) is 0 Å². The third kappa shape index (κ3) is 5.45. The van der Waals surface area contributed by atoms with Crippen molar-refractivity contribution in [2.24, 2.45) is 0 Å². The Hall–Kier alpha value is -3.54. The minimum atomic E-state index is -0.234. The molecule has 1 aliphatic rings. The Bertz CT molecular complexity index is 1110. The third-order valence-electron chi connectivity index (χ3n) is 5.75. The molecule has 1 heterocycles. The number of carbonyl (C=O) groups is 1. The Labute approximate surface area is 194 Å². The maximum Gasteiger partial charge on any atom is 0.253 e. The highest BCUT2D eigenvalue weighted by molar-refractivity contribution is 5.94. The molecule has 33 heavy (non-hydrogen) atoms. The van der Waals surface area contributed by atoms with E-state index < -0.39 is 0 Å². The van der Waals surface area contributed by atoms with Crippen LogP contribution < -0.4 is 14.4 Å². The minimum absolute atomic E-state index is 0.0389. The Morgan fingerprint density at radius 3 is 2.45 bits per heavy atom. The van der Waals surface area contributed by atoms with Crippen molar-refractivity contribution >= 4 is 11.6 Å². The standard InChI is InChI=1S/C27H29FN2O3/c1-3-32-26-12-11-21(18-22(26)19-33-23-8-6-7-20(2)17-23)27(31)30-15-13-29(14-16-30)25-10-5-4-9-24(25)28/h4-12,17-18H,3,13-16,19H2,1-2H3. The van der Waals surface area contributed by atoms with Gasteiger partial charge in [0.2, 0.25) is 0 Å². The Kier molecular flexibility index (Phi) is 7.13. The average Bonchev–Trinajstić information content (AvgIpc) is 2.84. The SMILES string of the molecule is CCOc1ccc(C(=O)N2CCN(c3ccccc3F)CC2)cc1COc1cccc(C)c1. The molecule has 1 amide bonds. The molecule has 0 atom stereocenters. The molecular weight excluding hydrogens is 419 g/mol. The lowest BCUT2D eigenvalue weighted by molar-refractivity contribution is 0.0746. The number of anilines is 1. The summed E-state index contributed by atoms with van der Waals surface area (Å²) in [4.78, 5) is 17.0. The summed E-state index contributed by atoms with van der Waals surface area (Å²) in [7, 11) is 0. The zero-order chi connectivity index (χ0) is 23.2. The first-order valence-electron chi connectivity index (χ1n) is 11.3. The van der Waals surface area contributed by atoms with Gasteiger partial charge in [0.15, 0.2) is 0 Å². The highest BCUT2D eigenvalue weighted by atomic mass is 19.1. The van der Waals surface area contributed by atoms with Gasteiger partial charge in [-0.3, -0.25) is 4.79 Å². The maximum absolute atomic E-state index is 14.1. The number of amides is 1. The molecule has 172 valence electrons. The van der Waals surface area contributed by atoms with Crippen molar-refractivity contribution < 1.29 is 18.7 Å². The average molecular weight is 449 g/mol. The number of benzene rings is 3. The molecule has 6 heteroatoms. The molecule has 3 aromatic rings. The zero-order valence-corrected chi connectivity index (χ0v) is 19.1. The predicted octanol–water partition coefficient (Wildman–Crippen LogP) is 5.07. The first-order valence-corrected chi connectivity index (χ1v) is 11.3. The summed E-state index contributed by atoms with van der Waals surface area (Å²) in [6, 6.07) is 20.1. The van der Waals surface area contributed by atoms with Crippen LogP contribution in [0.5, 0.6) is 11.5 Å². The number of halogens is 1. The molecule has 0 aliphatic carbocycles. The van der Waals surface area contributed by atoms with Gasteiger partial charge in [-0.1, -0.05) is 24.3 Å². The van der Waals surface area contributed by atoms with Crippen molar-refractivity contribution in [3.05, 3.63) is 89.2 Å². The molecule has 5 nitrogen and oxygen atoms in total. The summed E-state index contributed by atoms with van der Waals surface area (Å²) in [6.45, 7) is 7.04. The number of nitrogens with zero attached hydrogens (tertiary/aromatic N) is 2. The number of aryl methyl sites for hydroxylation is 1. The third-order valence-corrected chi connectivity index (χ3v) is 5.75. The van der Waals surface area contributed by atoms with Crippen molar-refractivity contribution in [3.8, 4) is 11.5 Å². The van der Waals surface area contributed by atoms with Crippen molar-refractivity contribution in [3.63, 3.8) is 0 Å². The van der Waals surface area contributed by atoms with E-state index in [1.165, 1.54) is 6.07 Å². The molecule has 1 saturated heterocycles. The Morgan fingerprint density at radius 2 is 1.73 bits per heavy atom. The number of para-hydroxylation sites is 1. The van der Waals surface area contributed by atoms with Crippen LogP contribution in [0.4, 0.5) is 10.1 Å². The lowest BCUT2D eigenvalue weighted by atomic mass is 10.1. The smallest absolute Gasteiger partial charge is 0.253 e. The highest BCUT2D eigenvalue weighted by Gasteiger charge is 2.24. The fourth-order valence-corrected chi connectivity index (χ4v) is 4.03. The first kappa shape index (κ1) is 22.6. The van der Waals surface area contributed by atoms with E-state index in [2.05, 4.69) is 0 Å². The summed E-state index contributed by atoms with van der Waals surface area (Å²) in [6.07, 6.45) is 0. The van der Waals surface area contributed by atoms with Crippen LogP contribution >= 0.6 is 0 Å². The van der Waals surface area contributed by atoms with E-state index in [9.17, 15) is 9.18 Å². The van der Waals surface area contributed by atoms with Gasteiger partial charge in [0.1, 0.15) is 23.9 Å². The summed E-state index contributed by atoms with van der Waals surface area (Å²) in [5, 5.41) is 0. The second kappa shape index (κ2) is 10.4. The van der Waals surface area contributed by atoms with Crippen molar-refractivity contribution in [2.75, 3.05) is 37.7 Å². The van der Waals surface area contributed by atoms with Crippen LogP contribution in [0.3, 0.4) is 0 Å². The number of hydrogen-bond donors (Lipinski definition) is 0. The van der Waals surface area contributed by atoms with Gasteiger partial charge in [-0.15, -0.1) is 0 Å². The van der Waals surface area contributed by atoms with Crippen molar-refractivity contribution in [1.82, 2.24) is 4.90 Å². The van der Waals surface area contributed by atoms with Crippen LogP contribution in [0.2, 0.25) is 0 Å². The molecule has 3 aromatic carbocycles. The topological polar surface area (TPSA) is 42.0 Å². The summed E-state index contributed by atoms with van der Waals surface area (Å²) in [5.41, 5.74) is 3.13. The van der Waals surface area contributed by atoms with E-state index in [1.54, 1.807) is 18.2 Å². The number of carbonyl (C=O) groups excluding carboxylic acids is 1. The van der Waals surface area contributed by atoms with Gasteiger partial charge in [0.25, 0.3) is 5.91 Å². The molecule has 0 saturated carbocycles. The molecule has 1 fully saturated rings. The van der Waals surface area contributed by atoms with E-state index >= 15 is 0 Å². The van der Waals surface area contributed by atoms with Crippen LogP contribution in [0.25, 0.3) is 0 Å². The molecule has 1 aliphatic heterocycles. The summed E-state index contributed by atoms with van der Waals surface area (Å²) in [5.74, 6) is 1.22. The van der Waals surface area contributed by atoms with Crippen LogP contribution in [-0.4, -0.2) is 43.6 Å². The molecular formula is C27H29FN2O3. The molecule has 0 bridgehead atoms. The Balaban J connectivity index is 1.45. The fraction of sp³-hybridized carbons (Fsp3) is 0.296. The number of rotatable bonds is 7. The lowest BCUT2D eigenvalue weighted by Crippen LogP contribution is -2.49. The fourth-order valence-electron chi connectivity index (χ4n) is 4.03. The quantitative estimate of drug-likeness (QED) is 0.506. The van der Waals surface area contributed by atoms with E-state index in [0.717, 1.165) is 16.9 Å². The van der Waals surface area contributed by atoms with E-state index in [0.29, 0.717) is 56.4 Å². The molecule has 0 aromatic heterocycles. The van der Waals surface area contributed by atoms with E-state index in [4.69, 9.17) is 9.47 Å². The zero-order valence-electron chi connectivity index (χ0n) is 19.1. The van der Waals surface area contributed by atoms with Crippen LogP contribution in [0.1, 0.15) is 28.4 Å². The second-order valence-electron chi connectivity index (χ2n) is 8.09. The summed E-state index contributed by atoms with van der Waals surface area (Å²) < 4.78 is 25.8. The van der Waals surface area contributed by atoms with Gasteiger partial charge in [0, 0.05) is 37.3 Å².